The van der Waals surface area contributed by atoms with E-state index in [4.69, 9.17) is 24.7 Å². The van der Waals surface area contributed by atoms with Crippen LogP contribution in [0.5, 0.6) is 23.0 Å². The van der Waals surface area contributed by atoms with E-state index in [9.17, 15) is 15.3 Å². The smallest absolute Gasteiger partial charge is 0.167 e. The summed E-state index contributed by atoms with van der Waals surface area (Å²) < 4.78 is 7.24. The minimum Gasteiger partial charge on any atom is -0.508 e. The lowest BCUT2D eigenvalue weighted by Gasteiger charge is -2.12. The van der Waals surface area contributed by atoms with Gasteiger partial charge in [-0.1, -0.05) is 157 Å². The second-order valence-corrected chi connectivity index (χ2v) is 21.3. The van der Waals surface area contributed by atoms with Crippen LogP contribution in [0.3, 0.4) is 0 Å². The molecule has 0 saturated carbocycles. The summed E-state index contributed by atoms with van der Waals surface area (Å²) >= 11 is 2.45. The summed E-state index contributed by atoms with van der Waals surface area (Å²) in [5.74, 6) is 3.64. The number of unbranched alkanes of at least 4 members (excludes halogenated alkanes) is 10. The molecule has 8 aromatic rings. The zero-order valence-corrected chi connectivity index (χ0v) is 49.3. The van der Waals surface area contributed by atoms with Gasteiger partial charge in [0.25, 0.3) is 0 Å². The summed E-state index contributed by atoms with van der Waals surface area (Å²) in [5.41, 5.74) is 14.0. The third-order valence-corrected chi connectivity index (χ3v) is 14.8. The lowest BCUT2D eigenvalue weighted by molar-refractivity contribution is 0.303. The Balaban J connectivity index is 0.000000250. The van der Waals surface area contributed by atoms with E-state index in [0.717, 1.165) is 46.2 Å². The first-order valence-electron chi connectivity index (χ1n) is 27.5. The van der Waals surface area contributed by atoms with Gasteiger partial charge in [0, 0.05) is 34.4 Å². The molecule has 0 bridgehead atoms. The molecule has 2 aromatic heterocycles. The molecule has 2 heterocycles. The zero-order chi connectivity index (χ0) is 55.4. The van der Waals surface area contributed by atoms with Gasteiger partial charge in [-0.3, -0.25) is 0 Å². The molecule has 6 aromatic carbocycles. The van der Waals surface area contributed by atoms with Crippen LogP contribution in [0.1, 0.15) is 143 Å². The van der Waals surface area contributed by atoms with Gasteiger partial charge in [0.1, 0.15) is 23.0 Å². The van der Waals surface area contributed by atoms with E-state index < -0.39 is 0 Å². The van der Waals surface area contributed by atoms with Crippen molar-refractivity contribution in [2.75, 3.05) is 11.0 Å². The lowest BCUT2D eigenvalue weighted by Crippen LogP contribution is -2.01. The number of hydrogen-bond acceptors (Lipinski definition) is 10. The third-order valence-electron chi connectivity index (χ3n) is 14.0. The average molecular weight is 1160 g/mol. The van der Waals surface area contributed by atoms with Gasteiger partial charge in [-0.05, 0) is 166 Å². The van der Waals surface area contributed by atoms with E-state index in [1.165, 1.54) is 114 Å². The zero-order valence-electron chi connectivity index (χ0n) is 47.1. The first kappa shape index (κ1) is 62.1. The maximum Gasteiger partial charge on any atom is 0.167 e. The van der Waals surface area contributed by atoms with Crippen LogP contribution in [-0.4, -0.2) is 56.3 Å². The predicted molar refractivity (Wildman–Crippen MR) is 333 cm³/mol. The molecule has 0 aliphatic heterocycles. The SMILES string of the molecule is C.CCCCCCCCI.CCCCCCCCOc1ccc(-c2nc(-c3ccc(C)c(C)c3)nc(-c3ccc(C)c(C)c3)n2)c(O)c1.Cc1ccc(-c2nc(-c3ccc(C)c(C)c3)nc(-c3ccc(O)cc3O)n2)cc1C. The van der Waals surface area contributed by atoms with Crippen LogP contribution in [0.25, 0.3) is 68.3 Å². The minimum absolute atomic E-state index is 0. The highest BCUT2D eigenvalue weighted by molar-refractivity contribution is 14.1. The number of alkyl halides is 1. The molecule has 0 aliphatic rings. The number of aromatic hydroxyl groups is 3. The molecule has 0 aliphatic carbocycles. The highest BCUT2D eigenvalue weighted by atomic mass is 127. The largest absolute Gasteiger partial charge is 0.508 e. The Morgan fingerprint density at radius 3 is 1.04 bits per heavy atom. The van der Waals surface area contributed by atoms with Gasteiger partial charge in [0.05, 0.1) is 17.7 Å². The van der Waals surface area contributed by atoms with Gasteiger partial charge in [-0.15, -0.1) is 0 Å². The molecule has 78 heavy (non-hydrogen) atoms. The molecule has 0 fully saturated rings. The monoisotopic (exact) mass is 1160 g/mol. The molecule has 0 spiro atoms. The van der Waals surface area contributed by atoms with Crippen LogP contribution in [-0.2, 0) is 0 Å². The highest BCUT2D eigenvalue weighted by Crippen LogP contribution is 2.35. The summed E-state index contributed by atoms with van der Waals surface area (Å²) in [7, 11) is 0. The van der Waals surface area contributed by atoms with Gasteiger partial charge in [-0.25, -0.2) is 29.9 Å². The number of ether oxygens (including phenoxy) is 1. The number of aryl methyl sites for hydroxylation is 8. The summed E-state index contributed by atoms with van der Waals surface area (Å²) in [6.07, 6.45) is 15.8. The van der Waals surface area contributed by atoms with E-state index in [0.29, 0.717) is 58.4 Å². The topological polar surface area (TPSA) is 147 Å². The van der Waals surface area contributed by atoms with Gasteiger partial charge in [0.15, 0.2) is 34.9 Å². The number of aromatic nitrogens is 6. The molecule has 10 nitrogen and oxygen atoms in total. The molecule has 0 atom stereocenters. The van der Waals surface area contributed by atoms with Gasteiger partial charge in [-0.2, -0.15) is 0 Å². The van der Waals surface area contributed by atoms with E-state index in [1.54, 1.807) is 12.1 Å². The number of rotatable bonds is 20. The first-order valence-corrected chi connectivity index (χ1v) is 29.0. The maximum atomic E-state index is 10.9. The van der Waals surface area contributed by atoms with E-state index in [-0.39, 0.29) is 24.7 Å². The van der Waals surface area contributed by atoms with Crippen molar-refractivity contribution in [3.05, 3.63) is 154 Å². The fourth-order valence-corrected chi connectivity index (χ4v) is 9.02. The van der Waals surface area contributed by atoms with Crippen molar-refractivity contribution in [2.24, 2.45) is 0 Å². The molecule has 3 N–H and O–H groups in total. The summed E-state index contributed by atoms with van der Waals surface area (Å²) in [4.78, 5) is 28.4. The van der Waals surface area contributed by atoms with Crippen LogP contribution in [0.15, 0.2) is 109 Å². The molecule has 0 saturated heterocycles. The molecule has 0 amide bonds. The average Bonchev–Trinajstić information content (AvgIpc) is 3.41. The fraction of sp³-hybridized carbons (Fsp3) is 0.373. The van der Waals surface area contributed by atoms with Crippen molar-refractivity contribution in [1.82, 2.24) is 29.9 Å². The molecular weight excluding hydrogens is 1080 g/mol. The van der Waals surface area contributed by atoms with Crippen LogP contribution < -0.4 is 4.74 Å². The molecule has 412 valence electrons. The quantitative estimate of drug-likeness (QED) is 0.0383. The third kappa shape index (κ3) is 17.9. The second kappa shape index (κ2) is 31.0. The minimum atomic E-state index is -0.0849. The van der Waals surface area contributed by atoms with Crippen molar-refractivity contribution in [3.8, 4) is 91.3 Å². The van der Waals surface area contributed by atoms with Gasteiger partial charge < -0.3 is 20.1 Å². The van der Waals surface area contributed by atoms with Crippen molar-refractivity contribution >= 4 is 22.6 Å². The van der Waals surface area contributed by atoms with Crippen LogP contribution in [0.2, 0.25) is 0 Å². The van der Waals surface area contributed by atoms with Crippen LogP contribution >= 0.6 is 22.6 Å². The lowest BCUT2D eigenvalue weighted by atomic mass is 10.0. The number of benzene rings is 6. The maximum absolute atomic E-state index is 10.9. The molecule has 8 rings (SSSR count). The standard InChI is InChI=1S/C33H39N3O2.C25H23N3O2.C8H17I.CH4/c1-6-7-8-9-10-11-18-38-28-16-17-29(30(37)21-28)33-35-31(26-14-12-22(2)24(4)19-26)34-32(36-33)27-15-13-23(3)25(5)20-27;1-14-5-7-18(11-16(14)3)23-26-24(19-8-6-15(2)17(4)12-19)28-25(27-23)21-10-9-20(29)13-22(21)30;1-2-3-4-5-6-7-8-9;/h12-17,19-21,37H,6-11,18H2,1-5H3;5-13,29-30H,1-4H3;2-8H2,1H3;1H4. The number of hydrogen-bond donors (Lipinski definition) is 3. The van der Waals surface area contributed by atoms with Crippen molar-refractivity contribution in [2.45, 2.75) is 154 Å². The van der Waals surface area contributed by atoms with Crippen molar-refractivity contribution < 1.29 is 20.1 Å². The van der Waals surface area contributed by atoms with Crippen molar-refractivity contribution in [3.63, 3.8) is 0 Å². The second-order valence-electron chi connectivity index (χ2n) is 20.3. The van der Waals surface area contributed by atoms with E-state index in [1.807, 2.05) is 48.5 Å². The Morgan fingerprint density at radius 2 is 0.692 bits per heavy atom. The Hall–Kier alpha value is -6.73. The Kier molecular flexibility index (Phi) is 24.7. The predicted octanol–water partition coefficient (Wildman–Crippen LogP) is 18.5. The fourth-order valence-electron chi connectivity index (χ4n) is 8.48. The summed E-state index contributed by atoms with van der Waals surface area (Å²) in [5, 5.41) is 31.0. The Morgan fingerprint density at radius 1 is 0.359 bits per heavy atom. The first-order chi connectivity index (χ1) is 37.1. The van der Waals surface area contributed by atoms with E-state index in [2.05, 4.69) is 138 Å². The Bertz CT molecular complexity index is 3070. The number of nitrogens with zero attached hydrogens (tertiary/aromatic N) is 6. The van der Waals surface area contributed by atoms with Gasteiger partial charge >= 0.3 is 0 Å². The highest BCUT2D eigenvalue weighted by Gasteiger charge is 2.18. The Labute approximate surface area is 479 Å². The number of phenols is 3. The molecule has 0 unspecified atom stereocenters. The molecule has 0 radical (unpaired) electrons. The van der Waals surface area contributed by atoms with Crippen LogP contribution in [0.4, 0.5) is 0 Å². The summed E-state index contributed by atoms with van der Waals surface area (Å²) in [6, 6.07) is 34.3. The van der Waals surface area contributed by atoms with Gasteiger partial charge in [0.2, 0.25) is 0 Å². The van der Waals surface area contributed by atoms with E-state index >= 15 is 0 Å². The number of phenolic OH excluding ortho intramolecular Hbond substituents is 3. The number of halogens is 1. The normalized spacial score (nSPS) is 10.8. The van der Waals surface area contributed by atoms with Crippen molar-refractivity contribution in [1.29, 1.82) is 0 Å². The van der Waals surface area contributed by atoms with Crippen LogP contribution in [0, 0.1) is 55.4 Å². The summed E-state index contributed by atoms with van der Waals surface area (Å²) in [6.45, 7) is 21.7. The molecule has 11 heteroatoms. The molecular formula is C67H83IN6O4.